The molecule has 2 rings (SSSR count). The normalized spacial score (nSPS) is 11.1. The first-order valence-corrected chi connectivity index (χ1v) is 9.32. The summed E-state index contributed by atoms with van der Waals surface area (Å²) in [4.78, 5) is 12.2. The van der Waals surface area contributed by atoms with Gasteiger partial charge in [0.05, 0.1) is 17.7 Å². The van der Waals surface area contributed by atoms with Crippen LogP contribution in [0.1, 0.15) is 20.3 Å². The van der Waals surface area contributed by atoms with Crippen molar-refractivity contribution < 1.29 is 13.2 Å². The van der Waals surface area contributed by atoms with Crippen molar-refractivity contribution in [3.63, 3.8) is 0 Å². The molecule has 0 radical (unpaired) electrons. The van der Waals surface area contributed by atoms with Gasteiger partial charge < -0.3 is 4.74 Å². The minimum Gasteiger partial charge on any atom is -0.487 e. The van der Waals surface area contributed by atoms with E-state index in [2.05, 4.69) is 10.2 Å². The summed E-state index contributed by atoms with van der Waals surface area (Å²) < 4.78 is 28.7. The number of hydrogen-bond acceptors (Lipinski definition) is 5. The molecule has 2 aromatic rings. The molecule has 1 aromatic heterocycles. The van der Waals surface area contributed by atoms with Gasteiger partial charge in [-0.3, -0.25) is 4.79 Å². The highest BCUT2D eigenvalue weighted by Gasteiger charge is 2.13. The Morgan fingerprint density at radius 1 is 1.25 bits per heavy atom. The maximum atomic E-state index is 12.0. The van der Waals surface area contributed by atoms with Crippen molar-refractivity contribution in [1.29, 1.82) is 0 Å². The average Bonchev–Trinajstić information content (AvgIpc) is 2.51. The van der Waals surface area contributed by atoms with Crippen LogP contribution in [0.4, 0.5) is 0 Å². The summed E-state index contributed by atoms with van der Waals surface area (Å²) in [5.74, 6) is 0.180. The van der Waals surface area contributed by atoms with Gasteiger partial charge in [0.15, 0.2) is 15.6 Å². The SMILES string of the molecule is CC(C)=CCCOc1c(-c2ccc(S(C)(=O)=O)cc2)cn[nH]c1=O. The highest BCUT2D eigenvalue weighted by molar-refractivity contribution is 7.90. The zero-order valence-corrected chi connectivity index (χ0v) is 14.7. The van der Waals surface area contributed by atoms with Crippen LogP contribution >= 0.6 is 0 Å². The summed E-state index contributed by atoms with van der Waals surface area (Å²) >= 11 is 0. The van der Waals surface area contributed by atoms with Gasteiger partial charge in [-0.05, 0) is 38.0 Å². The van der Waals surface area contributed by atoms with E-state index in [4.69, 9.17) is 4.74 Å². The van der Waals surface area contributed by atoms with Crippen LogP contribution in [0.15, 0.2) is 51.8 Å². The Hall–Kier alpha value is -2.41. The summed E-state index contributed by atoms with van der Waals surface area (Å²) in [6.45, 7) is 4.36. The summed E-state index contributed by atoms with van der Waals surface area (Å²) in [5, 5.41) is 6.15. The van der Waals surface area contributed by atoms with E-state index in [0.29, 0.717) is 24.2 Å². The first kappa shape index (κ1) is 17.9. The second-order valence-electron chi connectivity index (χ2n) is 5.66. The van der Waals surface area contributed by atoms with Gasteiger partial charge in [0, 0.05) is 11.8 Å². The van der Waals surface area contributed by atoms with Crippen molar-refractivity contribution in [2.45, 2.75) is 25.2 Å². The maximum Gasteiger partial charge on any atom is 0.307 e. The third kappa shape index (κ3) is 4.55. The quantitative estimate of drug-likeness (QED) is 0.640. The molecule has 24 heavy (non-hydrogen) atoms. The number of hydrogen-bond donors (Lipinski definition) is 1. The number of nitrogens with zero attached hydrogens (tertiary/aromatic N) is 1. The van der Waals surface area contributed by atoms with Gasteiger partial charge >= 0.3 is 5.56 Å². The maximum absolute atomic E-state index is 12.0. The fourth-order valence-corrected chi connectivity index (χ4v) is 2.76. The molecule has 0 unspecified atom stereocenters. The first-order valence-electron chi connectivity index (χ1n) is 7.43. The number of benzene rings is 1. The van der Waals surface area contributed by atoms with Gasteiger partial charge in [0.25, 0.3) is 0 Å². The molecule has 0 amide bonds. The molecule has 0 bridgehead atoms. The third-order valence-corrected chi connectivity index (χ3v) is 4.45. The molecule has 0 saturated heterocycles. The van der Waals surface area contributed by atoms with Crippen molar-refractivity contribution >= 4 is 9.84 Å². The van der Waals surface area contributed by atoms with Crippen molar-refractivity contribution in [2.24, 2.45) is 0 Å². The monoisotopic (exact) mass is 348 g/mol. The molecule has 128 valence electrons. The average molecular weight is 348 g/mol. The molecule has 0 aliphatic heterocycles. The molecular weight excluding hydrogens is 328 g/mol. The van der Waals surface area contributed by atoms with Crippen LogP contribution < -0.4 is 10.3 Å². The zero-order chi connectivity index (χ0) is 17.7. The lowest BCUT2D eigenvalue weighted by Gasteiger charge is -2.10. The van der Waals surface area contributed by atoms with Crippen molar-refractivity contribution in [2.75, 3.05) is 12.9 Å². The van der Waals surface area contributed by atoms with Gasteiger partial charge in [0.2, 0.25) is 0 Å². The van der Waals surface area contributed by atoms with E-state index in [9.17, 15) is 13.2 Å². The van der Waals surface area contributed by atoms with E-state index >= 15 is 0 Å². The van der Waals surface area contributed by atoms with Crippen LogP contribution in [0.3, 0.4) is 0 Å². The predicted molar refractivity (Wildman–Crippen MR) is 92.9 cm³/mol. The number of rotatable bonds is 6. The Labute approximate surface area is 141 Å². The van der Waals surface area contributed by atoms with Gasteiger partial charge in [-0.2, -0.15) is 5.10 Å². The molecular formula is C17H20N2O4S. The van der Waals surface area contributed by atoms with E-state index in [1.165, 1.54) is 23.9 Å². The van der Waals surface area contributed by atoms with Crippen LogP contribution in [-0.2, 0) is 9.84 Å². The Bertz CT molecular complexity index is 893. The molecule has 1 aromatic carbocycles. The second kappa shape index (κ2) is 7.44. The van der Waals surface area contributed by atoms with Gasteiger partial charge in [-0.15, -0.1) is 0 Å². The fraction of sp³-hybridized carbons (Fsp3) is 0.294. The summed E-state index contributed by atoms with van der Waals surface area (Å²) in [6, 6.07) is 6.27. The predicted octanol–water partition coefficient (Wildman–Crippen LogP) is 2.58. The van der Waals surface area contributed by atoms with E-state index in [1.807, 2.05) is 19.9 Å². The van der Waals surface area contributed by atoms with Gasteiger partial charge in [0.1, 0.15) is 0 Å². The van der Waals surface area contributed by atoms with Crippen molar-refractivity contribution in [3.8, 4) is 16.9 Å². The Morgan fingerprint density at radius 3 is 2.50 bits per heavy atom. The van der Waals surface area contributed by atoms with Crippen LogP contribution in [0.25, 0.3) is 11.1 Å². The minimum atomic E-state index is -3.27. The number of sulfone groups is 1. The molecule has 1 heterocycles. The zero-order valence-electron chi connectivity index (χ0n) is 13.9. The molecule has 1 N–H and O–H groups in total. The molecule has 0 atom stereocenters. The van der Waals surface area contributed by atoms with E-state index in [0.717, 1.165) is 6.26 Å². The summed E-state index contributed by atoms with van der Waals surface area (Å²) in [6.07, 6.45) is 5.36. The topological polar surface area (TPSA) is 89.1 Å². The standard InChI is InChI=1S/C17H20N2O4S/c1-12(2)5-4-10-23-16-15(11-18-19-17(16)20)13-6-8-14(9-7-13)24(3,21)22/h5-9,11H,4,10H2,1-3H3,(H,19,20). The largest absolute Gasteiger partial charge is 0.487 e. The number of ether oxygens (including phenoxy) is 1. The number of allylic oxidation sites excluding steroid dienone is 1. The molecule has 7 heteroatoms. The molecule has 0 aliphatic carbocycles. The molecule has 0 saturated carbocycles. The highest BCUT2D eigenvalue weighted by Crippen LogP contribution is 2.27. The summed E-state index contributed by atoms with van der Waals surface area (Å²) in [7, 11) is -3.27. The number of nitrogens with one attached hydrogen (secondary N) is 1. The highest BCUT2D eigenvalue weighted by atomic mass is 32.2. The Balaban J connectivity index is 2.32. The molecule has 0 fully saturated rings. The van der Waals surface area contributed by atoms with E-state index < -0.39 is 15.4 Å². The van der Waals surface area contributed by atoms with E-state index in [1.54, 1.807) is 12.1 Å². The Morgan fingerprint density at radius 2 is 1.92 bits per heavy atom. The van der Waals surface area contributed by atoms with Crippen LogP contribution in [-0.4, -0.2) is 31.5 Å². The number of H-pyrrole nitrogens is 1. The van der Waals surface area contributed by atoms with Gasteiger partial charge in [-0.25, -0.2) is 13.5 Å². The smallest absolute Gasteiger partial charge is 0.307 e. The van der Waals surface area contributed by atoms with Crippen LogP contribution in [0.2, 0.25) is 0 Å². The van der Waals surface area contributed by atoms with Gasteiger partial charge in [-0.1, -0.05) is 23.8 Å². The third-order valence-electron chi connectivity index (χ3n) is 3.32. The molecule has 0 aliphatic rings. The first-order chi connectivity index (χ1) is 11.3. The van der Waals surface area contributed by atoms with Crippen LogP contribution in [0, 0.1) is 0 Å². The molecule has 0 spiro atoms. The lowest BCUT2D eigenvalue weighted by molar-refractivity contribution is 0.320. The fourth-order valence-electron chi connectivity index (χ4n) is 2.13. The molecule has 6 nitrogen and oxygen atoms in total. The van der Waals surface area contributed by atoms with E-state index in [-0.39, 0.29) is 10.6 Å². The lowest BCUT2D eigenvalue weighted by atomic mass is 10.1. The summed E-state index contributed by atoms with van der Waals surface area (Å²) in [5.41, 5.74) is 1.95. The second-order valence-corrected chi connectivity index (χ2v) is 7.67. The van der Waals surface area contributed by atoms with Crippen molar-refractivity contribution in [1.82, 2.24) is 10.2 Å². The Kier molecular flexibility index (Phi) is 5.56. The number of aromatic nitrogens is 2. The lowest BCUT2D eigenvalue weighted by Crippen LogP contribution is -2.14. The minimum absolute atomic E-state index is 0.180. The number of aromatic amines is 1. The van der Waals surface area contributed by atoms with Crippen LogP contribution in [0.5, 0.6) is 5.75 Å². The van der Waals surface area contributed by atoms with Crippen molar-refractivity contribution in [3.05, 3.63) is 52.5 Å².